The number of nitrogens with two attached hydrogens (primary N) is 1. The number of imide groups is 1. The van der Waals surface area contributed by atoms with Gasteiger partial charge in [0.2, 0.25) is 5.91 Å². The molecule has 8 heteroatoms. The van der Waals surface area contributed by atoms with Gasteiger partial charge in [0.15, 0.2) is 0 Å². The average molecular weight is 359 g/mol. The van der Waals surface area contributed by atoms with E-state index in [0.29, 0.717) is 13.1 Å². The number of hydrogen-bond acceptors (Lipinski definition) is 4. The Morgan fingerprint density at radius 3 is 2.67 bits per heavy atom. The molecule has 134 valence electrons. The number of rotatable bonds is 4. The second-order valence-electron chi connectivity index (χ2n) is 6.33. The highest BCUT2D eigenvalue weighted by atomic mass is 35.5. The molecular weight excluding hydrogens is 335 g/mol. The molecule has 2 atom stereocenters. The van der Waals surface area contributed by atoms with Gasteiger partial charge in [0.1, 0.15) is 5.82 Å². The van der Waals surface area contributed by atoms with Gasteiger partial charge in [-0.2, -0.15) is 0 Å². The van der Waals surface area contributed by atoms with Crippen LogP contribution < -0.4 is 16.4 Å². The number of urea groups is 1. The van der Waals surface area contributed by atoms with E-state index in [9.17, 15) is 14.0 Å². The van der Waals surface area contributed by atoms with Crippen LogP contribution in [0.1, 0.15) is 20.3 Å². The van der Waals surface area contributed by atoms with Crippen molar-refractivity contribution in [2.75, 3.05) is 25.0 Å². The van der Waals surface area contributed by atoms with Crippen molar-refractivity contribution < 1.29 is 14.0 Å². The summed E-state index contributed by atoms with van der Waals surface area (Å²) in [4.78, 5) is 26.0. The summed E-state index contributed by atoms with van der Waals surface area (Å²) in [5.41, 5.74) is 5.79. The number of benzene rings is 1. The van der Waals surface area contributed by atoms with Crippen LogP contribution in [0.2, 0.25) is 0 Å². The van der Waals surface area contributed by atoms with E-state index in [-0.39, 0.29) is 23.5 Å². The minimum absolute atomic E-state index is 0. The van der Waals surface area contributed by atoms with Gasteiger partial charge in [-0.15, -0.1) is 12.4 Å². The molecule has 0 spiro atoms. The summed E-state index contributed by atoms with van der Waals surface area (Å²) in [6.45, 7) is 5.87. The van der Waals surface area contributed by atoms with E-state index in [1.165, 1.54) is 18.2 Å². The van der Waals surface area contributed by atoms with E-state index in [4.69, 9.17) is 5.73 Å². The fourth-order valence-corrected chi connectivity index (χ4v) is 2.66. The van der Waals surface area contributed by atoms with Crippen LogP contribution in [-0.4, -0.2) is 42.5 Å². The first-order chi connectivity index (χ1) is 10.8. The van der Waals surface area contributed by atoms with Crippen molar-refractivity contribution in [2.45, 2.75) is 26.3 Å². The molecule has 2 rings (SSSR count). The Hall–Kier alpha value is -1.70. The highest BCUT2D eigenvalue weighted by Crippen LogP contribution is 2.29. The number of likely N-dealkylation sites (tertiary alicyclic amines) is 1. The van der Waals surface area contributed by atoms with E-state index in [0.717, 1.165) is 13.0 Å². The molecule has 0 aromatic heterocycles. The molecule has 24 heavy (non-hydrogen) atoms. The first-order valence-corrected chi connectivity index (χ1v) is 7.65. The number of carbonyl (C=O) groups is 2. The zero-order valence-electron chi connectivity index (χ0n) is 13.8. The monoisotopic (exact) mass is 358 g/mol. The normalized spacial score (nSPS) is 21.7. The van der Waals surface area contributed by atoms with Gasteiger partial charge in [-0.25, -0.2) is 9.18 Å². The third-order valence-corrected chi connectivity index (χ3v) is 4.37. The van der Waals surface area contributed by atoms with E-state index >= 15 is 0 Å². The average Bonchev–Trinajstić information content (AvgIpc) is 2.92. The molecule has 1 aromatic rings. The molecule has 1 saturated heterocycles. The Balaban J connectivity index is 0.00000288. The van der Waals surface area contributed by atoms with Crippen LogP contribution in [0, 0.1) is 11.2 Å². The summed E-state index contributed by atoms with van der Waals surface area (Å²) in [7, 11) is 0. The Kier molecular flexibility index (Phi) is 7.13. The van der Waals surface area contributed by atoms with Crippen LogP contribution in [0.25, 0.3) is 0 Å². The van der Waals surface area contributed by atoms with Gasteiger partial charge >= 0.3 is 6.03 Å². The van der Waals surface area contributed by atoms with Crippen LogP contribution in [0.5, 0.6) is 0 Å². The van der Waals surface area contributed by atoms with Gasteiger partial charge in [-0.05, 0) is 44.0 Å². The molecule has 2 unspecified atom stereocenters. The molecule has 1 heterocycles. The third-order valence-electron chi connectivity index (χ3n) is 4.37. The van der Waals surface area contributed by atoms with Crippen LogP contribution in [0.3, 0.4) is 0 Å². The first kappa shape index (κ1) is 20.3. The number of para-hydroxylation sites is 1. The SMILES string of the molecule is CC(C(=O)NC(=O)Nc1ccccc1F)N1CCC(C)(CN)C1.Cl. The molecule has 0 saturated carbocycles. The quantitative estimate of drug-likeness (QED) is 0.767. The molecule has 0 aliphatic carbocycles. The number of carbonyl (C=O) groups excluding carboxylic acids is 2. The molecule has 3 amide bonds. The van der Waals surface area contributed by atoms with Crippen molar-refractivity contribution in [3.63, 3.8) is 0 Å². The summed E-state index contributed by atoms with van der Waals surface area (Å²) < 4.78 is 13.5. The Morgan fingerprint density at radius 2 is 2.08 bits per heavy atom. The topological polar surface area (TPSA) is 87.5 Å². The Morgan fingerprint density at radius 1 is 1.42 bits per heavy atom. The summed E-state index contributed by atoms with van der Waals surface area (Å²) in [5, 5.41) is 4.58. The van der Waals surface area contributed by atoms with Crippen LogP contribution in [-0.2, 0) is 4.79 Å². The molecule has 1 aliphatic heterocycles. The maximum atomic E-state index is 13.5. The van der Waals surface area contributed by atoms with Crippen LogP contribution in [0.15, 0.2) is 24.3 Å². The maximum Gasteiger partial charge on any atom is 0.326 e. The molecule has 1 fully saturated rings. The van der Waals surface area contributed by atoms with Crippen molar-refractivity contribution in [1.82, 2.24) is 10.2 Å². The summed E-state index contributed by atoms with van der Waals surface area (Å²) in [5.74, 6) is -0.971. The van der Waals surface area contributed by atoms with Gasteiger partial charge in [0.05, 0.1) is 11.7 Å². The Bertz CT molecular complexity index is 601. The highest BCUT2D eigenvalue weighted by molar-refractivity contribution is 6.02. The summed E-state index contributed by atoms with van der Waals surface area (Å²) in [6.07, 6.45) is 0.919. The highest BCUT2D eigenvalue weighted by Gasteiger charge is 2.36. The number of nitrogens with zero attached hydrogens (tertiary/aromatic N) is 1. The molecule has 0 radical (unpaired) electrons. The number of hydrogen-bond donors (Lipinski definition) is 3. The van der Waals surface area contributed by atoms with Crippen molar-refractivity contribution in [3.8, 4) is 0 Å². The molecule has 4 N–H and O–H groups in total. The number of halogens is 2. The van der Waals surface area contributed by atoms with Gasteiger partial charge in [0.25, 0.3) is 0 Å². The second kappa shape index (κ2) is 8.41. The smallest absolute Gasteiger partial charge is 0.326 e. The van der Waals surface area contributed by atoms with Crippen LogP contribution >= 0.6 is 12.4 Å². The lowest BCUT2D eigenvalue weighted by Crippen LogP contribution is -2.48. The van der Waals surface area contributed by atoms with E-state index in [1.54, 1.807) is 13.0 Å². The first-order valence-electron chi connectivity index (χ1n) is 7.65. The fourth-order valence-electron chi connectivity index (χ4n) is 2.66. The molecule has 1 aromatic carbocycles. The zero-order valence-corrected chi connectivity index (χ0v) is 14.7. The van der Waals surface area contributed by atoms with Crippen molar-refractivity contribution in [3.05, 3.63) is 30.1 Å². The molecule has 0 bridgehead atoms. The molecule has 1 aliphatic rings. The number of nitrogens with one attached hydrogen (secondary N) is 2. The fraction of sp³-hybridized carbons (Fsp3) is 0.500. The van der Waals surface area contributed by atoms with E-state index in [2.05, 4.69) is 17.6 Å². The third kappa shape index (κ3) is 4.90. The maximum absolute atomic E-state index is 13.5. The van der Waals surface area contributed by atoms with E-state index in [1.807, 2.05) is 4.90 Å². The van der Waals surface area contributed by atoms with Crippen molar-refractivity contribution in [1.29, 1.82) is 0 Å². The van der Waals surface area contributed by atoms with Crippen molar-refractivity contribution in [2.24, 2.45) is 11.1 Å². The summed E-state index contributed by atoms with van der Waals surface area (Å²) >= 11 is 0. The molecule has 6 nitrogen and oxygen atoms in total. The predicted octanol–water partition coefficient (Wildman–Crippen LogP) is 1.95. The lowest BCUT2D eigenvalue weighted by Gasteiger charge is -2.26. The second-order valence-corrected chi connectivity index (χ2v) is 6.33. The standard InChI is InChI=1S/C16H23FN4O2.ClH/c1-11(21-8-7-16(2,9-18)10-21)14(22)20-15(23)19-13-6-4-3-5-12(13)17;/h3-6,11H,7-10,18H2,1-2H3,(H2,19,20,22,23);1H. The minimum atomic E-state index is -0.743. The van der Waals surface area contributed by atoms with Crippen molar-refractivity contribution >= 4 is 30.0 Å². The minimum Gasteiger partial charge on any atom is -0.330 e. The number of anilines is 1. The van der Waals surface area contributed by atoms with Gasteiger partial charge < -0.3 is 11.1 Å². The lowest BCUT2D eigenvalue weighted by molar-refractivity contribution is -0.124. The summed E-state index contributed by atoms with van der Waals surface area (Å²) in [6, 6.07) is 4.59. The Labute approximate surface area is 147 Å². The van der Waals surface area contributed by atoms with E-state index < -0.39 is 23.8 Å². The predicted molar refractivity (Wildman–Crippen MR) is 93.6 cm³/mol. The van der Waals surface area contributed by atoms with Gasteiger partial charge in [-0.3, -0.25) is 15.0 Å². The van der Waals surface area contributed by atoms with Gasteiger partial charge in [0, 0.05) is 6.54 Å². The van der Waals surface area contributed by atoms with Gasteiger partial charge in [-0.1, -0.05) is 19.1 Å². The lowest BCUT2D eigenvalue weighted by atomic mass is 9.90. The number of amides is 3. The largest absolute Gasteiger partial charge is 0.330 e. The molecular formula is C16H24ClFN4O2. The zero-order chi connectivity index (χ0) is 17.0. The van der Waals surface area contributed by atoms with Crippen LogP contribution in [0.4, 0.5) is 14.9 Å².